The molecule has 2 rings (SSSR count). The molecule has 1 aliphatic carbocycles. The van der Waals surface area contributed by atoms with E-state index in [1.54, 1.807) is 0 Å². The minimum atomic E-state index is -0.112. The quantitative estimate of drug-likeness (QED) is 0.760. The lowest BCUT2D eigenvalue weighted by molar-refractivity contribution is 0.0866. The van der Waals surface area contributed by atoms with Crippen molar-refractivity contribution in [2.45, 2.75) is 63.6 Å². The Labute approximate surface area is 99.2 Å². The largest absolute Gasteiger partial charge is 0.392 e. The molecule has 1 heterocycles. The number of nitrogens with zero attached hydrogens (tertiary/aromatic N) is 1. The second-order valence-corrected chi connectivity index (χ2v) is 5.46. The van der Waals surface area contributed by atoms with Crippen LogP contribution in [-0.2, 0) is 0 Å². The minimum absolute atomic E-state index is 0.112. The molecule has 1 saturated heterocycles. The van der Waals surface area contributed by atoms with Gasteiger partial charge >= 0.3 is 0 Å². The maximum absolute atomic E-state index is 9.87. The third-order valence-corrected chi connectivity index (χ3v) is 4.17. The Kier molecular flexibility index (Phi) is 4.62. The molecule has 2 N–H and O–H groups in total. The van der Waals surface area contributed by atoms with Crippen LogP contribution >= 0.6 is 0 Å². The molecule has 2 aliphatic rings. The number of aliphatic hydroxyl groups is 1. The predicted octanol–water partition coefficient (Wildman–Crippen LogP) is 1.36. The molecule has 0 radical (unpaired) electrons. The van der Waals surface area contributed by atoms with E-state index in [4.69, 9.17) is 0 Å². The molecule has 0 amide bonds. The van der Waals surface area contributed by atoms with Gasteiger partial charge in [-0.2, -0.15) is 0 Å². The van der Waals surface area contributed by atoms with E-state index >= 15 is 0 Å². The summed E-state index contributed by atoms with van der Waals surface area (Å²) in [6, 6.07) is 0.968. The van der Waals surface area contributed by atoms with E-state index in [1.165, 1.54) is 38.8 Å². The zero-order valence-corrected chi connectivity index (χ0v) is 10.5. The Morgan fingerprint density at radius 2 is 1.88 bits per heavy atom. The Morgan fingerprint density at radius 3 is 2.56 bits per heavy atom. The second-order valence-electron chi connectivity index (χ2n) is 5.46. The van der Waals surface area contributed by atoms with E-state index < -0.39 is 0 Å². The summed E-state index contributed by atoms with van der Waals surface area (Å²) < 4.78 is 0. The topological polar surface area (TPSA) is 35.5 Å². The first-order chi connectivity index (χ1) is 7.77. The van der Waals surface area contributed by atoms with Gasteiger partial charge in [0.1, 0.15) is 0 Å². The normalized spacial score (nSPS) is 34.1. The maximum Gasteiger partial charge on any atom is 0.0693 e. The monoisotopic (exact) mass is 226 g/mol. The molecule has 0 spiro atoms. The van der Waals surface area contributed by atoms with Crippen molar-refractivity contribution >= 4 is 0 Å². The first-order valence-electron chi connectivity index (χ1n) is 6.93. The molecule has 1 aliphatic heterocycles. The maximum atomic E-state index is 9.87. The lowest BCUT2D eigenvalue weighted by Gasteiger charge is -2.31. The van der Waals surface area contributed by atoms with Crippen LogP contribution in [0.15, 0.2) is 0 Å². The van der Waals surface area contributed by atoms with Gasteiger partial charge in [-0.15, -0.1) is 0 Å². The standard InChI is InChI=1S/C13H26N2O/c1-11(15-8-4-5-9-15)10-14-12-6-2-3-7-13(12)16/h11-14,16H,2-10H2,1H3/t11?,12-,13-/m0/s1. The number of hydrogen-bond acceptors (Lipinski definition) is 3. The van der Waals surface area contributed by atoms with Gasteiger partial charge in [-0.05, 0) is 45.7 Å². The predicted molar refractivity (Wildman–Crippen MR) is 66.5 cm³/mol. The van der Waals surface area contributed by atoms with Crippen LogP contribution in [-0.4, -0.2) is 47.8 Å². The van der Waals surface area contributed by atoms with E-state index in [9.17, 15) is 5.11 Å². The molecule has 3 nitrogen and oxygen atoms in total. The fraction of sp³-hybridized carbons (Fsp3) is 1.00. The van der Waals surface area contributed by atoms with Crippen LogP contribution in [0, 0.1) is 0 Å². The molecule has 3 atom stereocenters. The molecule has 0 aromatic heterocycles. The Balaban J connectivity index is 1.69. The van der Waals surface area contributed by atoms with Crippen LogP contribution in [0.5, 0.6) is 0 Å². The molecule has 0 aromatic rings. The van der Waals surface area contributed by atoms with Gasteiger partial charge < -0.3 is 10.4 Å². The van der Waals surface area contributed by atoms with E-state index in [2.05, 4.69) is 17.1 Å². The molecular weight excluding hydrogens is 200 g/mol. The fourth-order valence-electron chi connectivity index (χ4n) is 2.98. The van der Waals surface area contributed by atoms with E-state index in [1.807, 2.05) is 0 Å². The Hall–Kier alpha value is -0.120. The average molecular weight is 226 g/mol. The highest BCUT2D eigenvalue weighted by Gasteiger charge is 2.24. The van der Waals surface area contributed by atoms with Gasteiger partial charge in [-0.1, -0.05) is 12.8 Å². The van der Waals surface area contributed by atoms with Crippen molar-refractivity contribution in [3.05, 3.63) is 0 Å². The summed E-state index contributed by atoms with van der Waals surface area (Å²) in [5.41, 5.74) is 0. The average Bonchev–Trinajstić information content (AvgIpc) is 2.81. The molecule has 0 bridgehead atoms. The van der Waals surface area contributed by atoms with Crippen molar-refractivity contribution in [2.24, 2.45) is 0 Å². The van der Waals surface area contributed by atoms with Crippen molar-refractivity contribution in [1.29, 1.82) is 0 Å². The number of hydrogen-bond donors (Lipinski definition) is 2. The number of aliphatic hydroxyl groups excluding tert-OH is 1. The number of rotatable bonds is 4. The Morgan fingerprint density at radius 1 is 1.19 bits per heavy atom. The van der Waals surface area contributed by atoms with Gasteiger partial charge in [0, 0.05) is 18.6 Å². The summed E-state index contributed by atoms with van der Waals surface area (Å²) in [5, 5.41) is 13.4. The zero-order chi connectivity index (χ0) is 11.4. The summed E-state index contributed by atoms with van der Waals surface area (Å²) >= 11 is 0. The van der Waals surface area contributed by atoms with E-state index in [0.29, 0.717) is 12.1 Å². The van der Waals surface area contributed by atoms with Crippen LogP contribution in [0.25, 0.3) is 0 Å². The summed E-state index contributed by atoms with van der Waals surface area (Å²) in [6.07, 6.45) is 7.20. The smallest absolute Gasteiger partial charge is 0.0693 e. The molecule has 0 aromatic carbocycles. The van der Waals surface area contributed by atoms with Gasteiger partial charge in [0.25, 0.3) is 0 Å². The summed E-state index contributed by atoms with van der Waals surface area (Å²) in [4.78, 5) is 2.56. The van der Waals surface area contributed by atoms with Crippen LogP contribution in [0.3, 0.4) is 0 Å². The van der Waals surface area contributed by atoms with Crippen molar-refractivity contribution < 1.29 is 5.11 Å². The highest BCUT2D eigenvalue weighted by molar-refractivity contribution is 4.83. The number of nitrogens with one attached hydrogen (secondary N) is 1. The lowest BCUT2D eigenvalue weighted by atomic mass is 9.92. The third kappa shape index (κ3) is 3.19. The molecule has 16 heavy (non-hydrogen) atoms. The van der Waals surface area contributed by atoms with Gasteiger partial charge in [0.05, 0.1) is 6.10 Å². The molecule has 94 valence electrons. The van der Waals surface area contributed by atoms with Crippen LogP contribution in [0.1, 0.15) is 45.4 Å². The summed E-state index contributed by atoms with van der Waals surface area (Å²) in [5.74, 6) is 0. The zero-order valence-electron chi connectivity index (χ0n) is 10.5. The highest BCUT2D eigenvalue weighted by atomic mass is 16.3. The minimum Gasteiger partial charge on any atom is -0.392 e. The van der Waals surface area contributed by atoms with Gasteiger partial charge in [-0.3, -0.25) is 4.90 Å². The SMILES string of the molecule is CC(CN[C@H]1CCCC[C@@H]1O)N1CCCC1. The van der Waals surface area contributed by atoms with E-state index in [-0.39, 0.29) is 6.10 Å². The third-order valence-electron chi connectivity index (χ3n) is 4.17. The Bertz CT molecular complexity index is 204. The summed E-state index contributed by atoms with van der Waals surface area (Å²) in [6.45, 7) is 5.85. The van der Waals surface area contributed by atoms with Crippen LogP contribution < -0.4 is 5.32 Å². The van der Waals surface area contributed by atoms with Gasteiger partial charge in [0.2, 0.25) is 0 Å². The number of likely N-dealkylation sites (tertiary alicyclic amines) is 1. The lowest BCUT2D eigenvalue weighted by Crippen LogP contribution is -2.47. The molecule has 1 saturated carbocycles. The van der Waals surface area contributed by atoms with Crippen molar-refractivity contribution in [2.75, 3.05) is 19.6 Å². The fourth-order valence-corrected chi connectivity index (χ4v) is 2.98. The van der Waals surface area contributed by atoms with Crippen molar-refractivity contribution in [1.82, 2.24) is 10.2 Å². The molecule has 2 fully saturated rings. The molecule has 1 unspecified atom stereocenters. The first-order valence-corrected chi connectivity index (χ1v) is 6.93. The summed E-state index contributed by atoms with van der Waals surface area (Å²) in [7, 11) is 0. The highest BCUT2D eigenvalue weighted by Crippen LogP contribution is 2.18. The van der Waals surface area contributed by atoms with E-state index in [0.717, 1.165) is 19.4 Å². The van der Waals surface area contributed by atoms with Crippen LogP contribution in [0.4, 0.5) is 0 Å². The van der Waals surface area contributed by atoms with Gasteiger partial charge in [-0.25, -0.2) is 0 Å². The molecular formula is C13H26N2O. The first kappa shape index (κ1) is 12.3. The molecule has 3 heteroatoms. The van der Waals surface area contributed by atoms with Crippen LogP contribution in [0.2, 0.25) is 0 Å². The van der Waals surface area contributed by atoms with Crippen molar-refractivity contribution in [3.8, 4) is 0 Å². The second kappa shape index (κ2) is 5.99. The van der Waals surface area contributed by atoms with Crippen molar-refractivity contribution in [3.63, 3.8) is 0 Å². The van der Waals surface area contributed by atoms with Gasteiger partial charge in [0.15, 0.2) is 0 Å².